The number of piperidine rings is 1. The molecule has 4 unspecified atom stereocenters. The number of hydrogen-bond donors (Lipinski definition) is 1. The summed E-state index contributed by atoms with van der Waals surface area (Å²) in [6.45, 7) is 3.51. The van der Waals surface area contributed by atoms with Crippen LogP contribution in [-0.2, 0) is 19.4 Å². The maximum Gasteiger partial charge on any atom is 0.304 e. The third kappa shape index (κ3) is 5.55. The van der Waals surface area contributed by atoms with Crippen molar-refractivity contribution in [2.24, 2.45) is 5.41 Å². The molecule has 194 valence electrons. The summed E-state index contributed by atoms with van der Waals surface area (Å²) in [4.78, 5) is 31.9. The average Bonchev–Trinajstić information content (AvgIpc) is 3.66. The number of benzene rings is 1. The van der Waals surface area contributed by atoms with E-state index in [1.165, 1.54) is 6.20 Å². The first kappa shape index (κ1) is 26.9. The number of carbonyl (C=O) groups excluding carboxylic acids is 1. The van der Waals surface area contributed by atoms with Crippen LogP contribution in [0.25, 0.3) is 0 Å². The van der Waals surface area contributed by atoms with Gasteiger partial charge in [0, 0.05) is 29.4 Å². The molecule has 0 bridgehead atoms. The highest BCUT2D eigenvalue weighted by atomic mass is 35.5. The summed E-state index contributed by atoms with van der Waals surface area (Å²) in [5.41, 5.74) is 0.312. The number of carbonyl (C=O) groups is 2. The lowest BCUT2D eigenvalue weighted by atomic mass is 9.67. The fraction of sp³-hybridized carbons (Fsp3) is 0.500. The van der Waals surface area contributed by atoms with Gasteiger partial charge in [-0.1, -0.05) is 49.2 Å². The molecule has 1 saturated heterocycles. The molecule has 10 heteroatoms. The van der Waals surface area contributed by atoms with E-state index >= 15 is 0 Å². The number of carboxylic acids is 1. The Balaban J connectivity index is 1.89. The van der Waals surface area contributed by atoms with Gasteiger partial charge in [-0.05, 0) is 55.0 Å². The Labute approximate surface area is 221 Å². The van der Waals surface area contributed by atoms with Gasteiger partial charge in [0.05, 0.1) is 33.9 Å². The number of nitrogens with zero attached hydrogens (tertiary/aromatic N) is 2. The number of aromatic nitrogens is 1. The van der Waals surface area contributed by atoms with E-state index < -0.39 is 33.3 Å². The van der Waals surface area contributed by atoms with Gasteiger partial charge in [-0.15, -0.1) is 0 Å². The average molecular weight is 554 g/mol. The standard InChI is InChI=1S/C26H30Cl2N2O5S/c1-3-20(15-36(34,35)21-8-9-21)30-24(16-4-6-18(27)7-5-16)22(17-10-19(28)14-29-13-17)11-26(2,25(30)33)12-23(31)32/h4-7,10,13-14,20-22,24H,3,8-9,11-12,15H2,1-2H3,(H,31,32). The van der Waals surface area contributed by atoms with Crippen LogP contribution in [0.4, 0.5) is 0 Å². The molecule has 1 aromatic heterocycles. The second-order valence-electron chi connectivity index (χ2n) is 10.2. The molecule has 1 saturated carbocycles. The normalized spacial score (nSPS) is 25.6. The Hall–Kier alpha value is -2.16. The Kier molecular flexibility index (Phi) is 7.70. The second-order valence-corrected chi connectivity index (χ2v) is 13.4. The van der Waals surface area contributed by atoms with Crippen LogP contribution in [0.2, 0.25) is 10.0 Å². The number of halogens is 2. The summed E-state index contributed by atoms with van der Waals surface area (Å²) in [5.74, 6) is -1.96. The summed E-state index contributed by atoms with van der Waals surface area (Å²) in [5, 5.41) is 10.3. The number of pyridine rings is 1. The first-order valence-corrected chi connectivity index (χ1v) is 14.5. The van der Waals surface area contributed by atoms with Gasteiger partial charge < -0.3 is 10.0 Å². The highest BCUT2D eigenvalue weighted by Crippen LogP contribution is 2.52. The molecule has 0 radical (unpaired) electrons. The summed E-state index contributed by atoms with van der Waals surface area (Å²) in [7, 11) is -3.40. The first-order chi connectivity index (χ1) is 16.9. The Bertz CT molecular complexity index is 1250. The molecule has 1 aliphatic heterocycles. The molecular formula is C26H30Cl2N2O5S. The van der Waals surface area contributed by atoms with Gasteiger partial charge in [0.15, 0.2) is 9.84 Å². The lowest BCUT2D eigenvalue weighted by Gasteiger charge is -2.51. The third-order valence-electron chi connectivity index (χ3n) is 7.33. The molecule has 7 nitrogen and oxygen atoms in total. The smallest absolute Gasteiger partial charge is 0.304 e. The van der Waals surface area contributed by atoms with Crippen molar-refractivity contribution in [3.05, 3.63) is 63.9 Å². The fourth-order valence-electron chi connectivity index (χ4n) is 5.40. The molecule has 1 N–H and O–H groups in total. The maximum absolute atomic E-state index is 14.1. The largest absolute Gasteiger partial charge is 0.481 e. The minimum Gasteiger partial charge on any atom is -0.481 e. The third-order valence-corrected chi connectivity index (χ3v) is 10.1. The Morgan fingerprint density at radius 3 is 2.39 bits per heavy atom. The topological polar surface area (TPSA) is 105 Å². The molecule has 1 amide bonds. The van der Waals surface area contributed by atoms with Gasteiger partial charge in [0.1, 0.15) is 0 Å². The van der Waals surface area contributed by atoms with E-state index in [4.69, 9.17) is 23.2 Å². The van der Waals surface area contributed by atoms with Gasteiger partial charge in [0.25, 0.3) is 0 Å². The molecule has 2 aliphatic rings. The van der Waals surface area contributed by atoms with Crippen molar-refractivity contribution in [1.82, 2.24) is 9.88 Å². The van der Waals surface area contributed by atoms with Gasteiger partial charge in [-0.25, -0.2) is 8.42 Å². The molecule has 2 aromatic rings. The van der Waals surface area contributed by atoms with Gasteiger partial charge >= 0.3 is 5.97 Å². The van der Waals surface area contributed by atoms with Crippen LogP contribution in [0, 0.1) is 5.41 Å². The minimum atomic E-state index is -3.40. The highest BCUT2D eigenvalue weighted by Gasteiger charge is 2.53. The van der Waals surface area contributed by atoms with E-state index in [2.05, 4.69) is 4.98 Å². The van der Waals surface area contributed by atoms with Crippen molar-refractivity contribution in [3.8, 4) is 0 Å². The van der Waals surface area contributed by atoms with E-state index in [1.54, 1.807) is 36.2 Å². The monoisotopic (exact) mass is 552 g/mol. The summed E-state index contributed by atoms with van der Waals surface area (Å²) in [6, 6.07) is 7.75. The zero-order valence-corrected chi connectivity index (χ0v) is 22.6. The molecule has 1 aliphatic carbocycles. The van der Waals surface area contributed by atoms with E-state index in [9.17, 15) is 23.1 Å². The lowest BCUT2D eigenvalue weighted by Crippen LogP contribution is -2.57. The van der Waals surface area contributed by atoms with Crippen molar-refractivity contribution in [2.75, 3.05) is 5.75 Å². The molecule has 2 heterocycles. The van der Waals surface area contributed by atoms with E-state index in [0.717, 1.165) is 11.1 Å². The number of amides is 1. The molecular weight excluding hydrogens is 523 g/mol. The quantitative estimate of drug-likeness (QED) is 0.453. The van der Waals surface area contributed by atoms with Crippen molar-refractivity contribution < 1.29 is 23.1 Å². The van der Waals surface area contributed by atoms with Crippen LogP contribution < -0.4 is 0 Å². The van der Waals surface area contributed by atoms with Crippen molar-refractivity contribution >= 4 is 44.9 Å². The summed E-state index contributed by atoms with van der Waals surface area (Å²) >= 11 is 12.4. The van der Waals surface area contributed by atoms with Crippen molar-refractivity contribution in [3.63, 3.8) is 0 Å². The number of sulfone groups is 1. The van der Waals surface area contributed by atoms with Crippen molar-refractivity contribution in [1.29, 1.82) is 0 Å². The molecule has 0 spiro atoms. The molecule has 2 fully saturated rings. The lowest BCUT2D eigenvalue weighted by molar-refractivity contribution is -0.160. The number of likely N-dealkylation sites (tertiary alicyclic amines) is 1. The minimum absolute atomic E-state index is 0.159. The second kappa shape index (κ2) is 10.3. The Morgan fingerprint density at radius 2 is 1.83 bits per heavy atom. The van der Waals surface area contributed by atoms with Crippen LogP contribution in [0.15, 0.2) is 42.7 Å². The summed E-state index contributed by atoms with van der Waals surface area (Å²) in [6.07, 6.45) is 4.76. The zero-order valence-electron chi connectivity index (χ0n) is 20.2. The number of aliphatic carboxylic acids is 1. The van der Waals surface area contributed by atoms with Crippen LogP contribution >= 0.6 is 23.2 Å². The predicted octanol–water partition coefficient (Wildman–Crippen LogP) is 5.28. The summed E-state index contributed by atoms with van der Waals surface area (Å²) < 4.78 is 26.1. The molecule has 4 atom stereocenters. The van der Waals surface area contributed by atoms with Crippen LogP contribution in [0.3, 0.4) is 0 Å². The van der Waals surface area contributed by atoms with E-state index in [0.29, 0.717) is 29.3 Å². The maximum atomic E-state index is 14.1. The zero-order chi connectivity index (χ0) is 26.3. The van der Waals surface area contributed by atoms with E-state index in [-0.39, 0.29) is 35.7 Å². The number of rotatable bonds is 9. The highest BCUT2D eigenvalue weighted by molar-refractivity contribution is 7.92. The first-order valence-electron chi connectivity index (χ1n) is 12.1. The molecule has 4 rings (SSSR count). The number of hydrogen-bond acceptors (Lipinski definition) is 5. The SMILES string of the molecule is CCC(CS(=O)(=O)C1CC1)N1C(=O)C(C)(CC(=O)O)CC(c2cncc(Cl)c2)C1c1ccc(Cl)cc1. The van der Waals surface area contributed by atoms with Gasteiger partial charge in [0.2, 0.25) is 5.91 Å². The Morgan fingerprint density at radius 1 is 1.17 bits per heavy atom. The predicted molar refractivity (Wildman–Crippen MR) is 139 cm³/mol. The van der Waals surface area contributed by atoms with Crippen molar-refractivity contribution in [2.45, 2.75) is 69.2 Å². The fourth-order valence-corrected chi connectivity index (χ4v) is 7.77. The van der Waals surface area contributed by atoms with Gasteiger partial charge in [-0.3, -0.25) is 14.6 Å². The molecule has 1 aromatic carbocycles. The number of carboxylic acid groups (broad SMARTS) is 1. The van der Waals surface area contributed by atoms with Crippen LogP contribution in [0.1, 0.15) is 69.0 Å². The van der Waals surface area contributed by atoms with Gasteiger partial charge in [-0.2, -0.15) is 0 Å². The van der Waals surface area contributed by atoms with E-state index in [1.807, 2.05) is 19.1 Å². The molecule has 36 heavy (non-hydrogen) atoms. The van der Waals surface area contributed by atoms with Crippen LogP contribution in [0.5, 0.6) is 0 Å². The van der Waals surface area contributed by atoms with Crippen LogP contribution in [-0.4, -0.2) is 52.3 Å².